The van der Waals surface area contributed by atoms with Gasteiger partial charge in [0, 0.05) is 0 Å². The van der Waals surface area contributed by atoms with Gasteiger partial charge in [-0.1, -0.05) is 19.0 Å². The lowest BCUT2D eigenvalue weighted by atomic mass is 9.76. The third-order valence-electron chi connectivity index (χ3n) is 3.74. The lowest BCUT2D eigenvalue weighted by Gasteiger charge is -2.33. The number of rotatable bonds is 6. The van der Waals surface area contributed by atoms with Crippen molar-refractivity contribution in [1.29, 1.82) is 0 Å². The number of hydrogen-bond donors (Lipinski definition) is 1. The molecule has 102 valence electrons. The van der Waals surface area contributed by atoms with Gasteiger partial charge in [-0.05, 0) is 44.5 Å². The van der Waals surface area contributed by atoms with Crippen molar-refractivity contribution < 1.29 is 4.52 Å². The van der Waals surface area contributed by atoms with Crippen LogP contribution < -0.4 is 5.32 Å². The molecule has 5 heteroatoms. The van der Waals surface area contributed by atoms with Crippen LogP contribution in [0.25, 0.3) is 0 Å². The number of hydrogen-bond acceptors (Lipinski definition) is 5. The fourth-order valence-corrected chi connectivity index (χ4v) is 3.19. The Hall–Kier alpha value is -0.550. The first-order valence-corrected chi connectivity index (χ1v) is 8.08. The van der Waals surface area contributed by atoms with Crippen LogP contribution in [0, 0.1) is 0 Å². The number of nitrogens with one attached hydrogen (secondary N) is 1. The second-order valence-corrected chi connectivity index (χ2v) is 6.06. The van der Waals surface area contributed by atoms with E-state index in [1.807, 2.05) is 11.8 Å². The summed E-state index contributed by atoms with van der Waals surface area (Å²) < 4.78 is 5.53. The molecule has 0 unspecified atom stereocenters. The van der Waals surface area contributed by atoms with Crippen LogP contribution in [0.1, 0.15) is 51.2 Å². The highest BCUT2D eigenvalue weighted by molar-refractivity contribution is 7.98. The molecule has 18 heavy (non-hydrogen) atoms. The molecule has 4 nitrogen and oxygen atoms in total. The van der Waals surface area contributed by atoms with Crippen LogP contribution in [0.15, 0.2) is 4.52 Å². The normalized spacial score (nSPS) is 19.0. The highest BCUT2D eigenvalue weighted by Crippen LogP contribution is 2.35. The largest absolute Gasteiger partial charge is 0.339 e. The molecule has 1 aliphatic rings. The van der Waals surface area contributed by atoms with E-state index in [-0.39, 0.29) is 5.41 Å². The molecule has 0 spiro atoms. The van der Waals surface area contributed by atoms with Gasteiger partial charge in [0.2, 0.25) is 5.89 Å². The van der Waals surface area contributed by atoms with Crippen molar-refractivity contribution in [3.05, 3.63) is 11.7 Å². The predicted octanol–water partition coefficient (Wildman–Crippen LogP) is 2.74. The quantitative estimate of drug-likeness (QED) is 0.805. The summed E-state index contributed by atoms with van der Waals surface area (Å²) in [5, 5.41) is 7.53. The van der Waals surface area contributed by atoms with Crippen molar-refractivity contribution in [2.75, 3.05) is 18.8 Å². The summed E-state index contributed by atoms with van der Waals surface area (Å²) in [4.78, 5) is 4.62. The zero-order valence-corrected chi connectivity index (χ0v) is 12.2. The Morgan fingerprint density at radius 3 is 2.78 bits per heavy atom. The summed E-state index contributed by atoms with van der Waals surface area (Å²) in [5.74, 6) is 3.75. The van der Waals surface area contributed by atoms with Gasteiger partial charge in [0.15, 0.2) is 5.82 Å². The molecule has 1 fully saturated rings. The van der Waals surface area contributed by atoms with E-state index in [1.54, 1.807) is 0 Å². The number of thioether (sulfide) groups is 1. The first-order valence-electron chi connectivity index (χ1n) is 6.92. The fourth-order valence-electron chi connectivity index (χ4n) is 2.46. The summed E-state index contributed by atoms with van der Waals surface area (Å²) in [5.41, 5.74) is 0.117. The first-order chi connectivity index (χ1) is 8.80. The van der Waals surface area contributed by atoms with Gasteiger partial charge in [-0.15, -0.1) is 0 Å². The van der Waals surface area contributed by atoms with Crippen LogP contribution in [0.2, 0.25) is 0 Å². The maximum absolute atomic E-state index is 5.53. The zero-order valence-electron chi connectivity index (χ0n) is 11.4. The van der Waals surface area contributed by atoms with Gasteiger partial charge in [-0.2, -0.15) is 16.7 Å². The van der Waals surface area contributed by atoms with E-state index in [0.29, 0.717) is 0 Å². The molecule has 0 saturated carbocycles. The molecule has 1 aromatic heterocycles. The van der Waals surface area contributed by atoms with E-state index in [9.17, 15) is 0 Å². The third-order valence-corrected chi connectivity index (χ3v) is 4.90. The molecule has 0 amide bonds. The van der Waals surface area contributed by atoms with Crippen molar-refractivity contribution in [3.8, 4) is 0 Å². The molecular weight excluding hydrogens is 246 g/mol. The van der Waals surface area contributed by atoms with E-state index in [0.717, 1.165) is 55.6 Å². The van der Waals surface area contributed by atoms with E-state index in [1.165, 1.54) is 6.42 Å². The summed E-state index contributed by atoms with van der Waals surface area (Å²) in [6.45, 7) is 6.52. The monoisotopic (exact) mass is 269 g/mol. The average molecular weight is 269 g/mol. The fraction of sp³-hybridized carbons (Fsp3) is 0.846. The molecule has 0 radical (unpaired) electrons. The Kier molecular flexibility index (Phi) is 5.06. The number of piperidine rings is 1. The van der Waals surface area contributed by atoms with Gasteiger partial charge >= 0.3 is 0 Å². The van der Waals surface area contributed by atoms with Crippen LogP contribution in [-0.2, 0) is 11.2 Å². The summed E-state index contributed by atoms with van der Waals surface area (Å²) in [6.07, 6.45) is 4.48. The molecule has 1 aliphatic heterocycles. The summed E-state index contributed by atoms with van der Waals surface area (Å²) in [7, 11) is 0. The van der Waals surface area contributed by atoms with Gasteiger partial charge in [0.25, 0.3) is 0 Å². The Morgan fingerprint density at radius 2 is 2.11 bits per heavy atom. The summed E-state index contributed by atoms with van der Waals surface area (Å²) in [6, 6.07) is 0. The first kappa shape index (κ1) is 13.9. The lowest BCUT2D eigenvalue weighted by molar-refractivity contribution is 0.216. The Balaban J connectivity index is 2.02. The van der Waals surface area contributed by atoms with Gasteiger partial charge in [0.1, 0.15) is 0 Å². The number of aromatic nitrogens is 2. The van der Waals surface area contributed by atoms with Crippen molar-refractivity contribution in [1.82, 2.24) is 15.5 Å². The molecule has 0 bridgehead atoms. The van der Waals surface area contributed by atoms with Crippen LogP contribution in [-0.4, -0.2) is 29.0 Å². The van der Waals surface area contributed by atoms with Gasteiger partial charge in [0.05, 0.1) is 11.2 Å². The standard InChI is InChI=1S/C13H23N3OS/c1-3-9-18-10-11-15-12(17-16-11)13(4-2)5-7-14-8-6-13/h14H,3-10H2,1-2H3. The van der Waals surface area contributed by atoms with Gasteiger partial charge in [-0.25, -0.2) is 0 Å². The molecular formula is C13H23N3OS. The van der Waals surface area contributed by atoms with Crippen molar-refractivity contribution in [2.24, 2.45) is 0 Å². The second kappa shape index (κ2) is 6.57. The maximum Gasteiger partial charge on any atom is 0.232 e. The van der Waals surface area contributed by atoms with E-state index < -0.39 is 0 Å². The molecule has 1 N–H and O–H groups in total. The minimum absolute atomic E-state index is 0.117. The summed E-state index contributed by atoms with van der Waals surface area (Å²) >= 11 is 1.88. The highest BCUT2D eigenvalue weighted by Gasteiger charge is 2.37. The second-order valence-electron chi connectivity index (χ2n) is 4.95. The number of nitrogens with zero attached hydrogens (tertiary/aromatic N) is 2. The van der Waals surface area contributed by atoms with Crippen molar-refractivity contribution in [3.63, 3.8) is 0 Å². The topological polar surface area (TPSA) is 51.0 Å². The zero-order chi connectivity index (χ0) is 12.8. The maximum atomic E-state index is 5.53. The Labute approximate surface area is 113 Å². The predicted molar refractivity (Wildman–Crippen MR) is 74.8 cm³/mol. The minimum Gasteiger partial charge on any atom is -0.339 e. The SMILES string of the molecule is CCCSCc1noc(C2(CC)CCNCC2)n1. The highest BCUT2D eigenvalue weighted by atomic mass is 32.2. The third kappa shape index (κ3) is 3.06. The van der Waals surface area contributed by atoms with Crippen LogP contribution >= 0.6 is 11.8 Å². The molecule has 1 aromatic rings. The molecule has 2 heterocycles. The van der Waals surface area contributed by atoms with Crippen molar-refractivity contribution in [2.45, 2.75) is 50.7 Å². The van der Waals surface area contributed by atoms with E-state index in [2.05, 4.69) is 29.3 Å². The van der Waals surface area contributed by atoms with Crippen LogP contribution in [0.5, 0.6) is 0 Å². The molecule has 0 aromatic carbocycles. The van der Waals surface area contributed by atoms with Crippen LogP contribution in [0.3, 0.4) is 0 Å². The molecule has 0 aliphatic carbocycles. The lowest BCUT2D eigenvalue weighted by Crippen LogP contribution is -2.39. The van der Waals surface area contributed by atoms with E-state index >= 15 is 0 Å². The Morgan fingerprint density at radius 1 is 1.33 bits per heavy atom. The van der Waals surface area contributed by atoms with Gasteiger partial charge < -0.3 is 9.84 Å². The average Bonchev–Trinajstić information content (AvgIpc) is 2.89. The van der Waals surface area contributed by atoms with Crippen LogP contribution in [0.4, 0.5) is 0 Å². The molecule has 2 rings (SSSR count). The van der Waals surface area contributed by atoms with Crippen molar-refractivity contribution >= 4 is 11.8 Å². The van der Waals surface area contributed by atoms with Gasteiger partial charge in [-0.3, -0.25) is 0 Å². The molecule has 1 saturated heterocycles. The smallest absolute Gasteiger partial charge is 0.232 e. The Bertz CT molecular complexity index is 361. The molecule has 0 atom stereocenters. The van der Waals surface area contributed by atoms with E-state index in [4.69, 9.17) is 4.52 Å². The minimum atomic E-state index is 0.117.